The summed E-state index contributed by atoms with van der Waals surface area (Å²) in [5.41, 5.74) is 0. The second kappa shape index (κ2) is 8.72. The van der Waals surface area contributed by atoms with Crippen LogP contribution < -0.4 is 10.0 Å². The number of sulfonamides is 1. The lowest BCUT2D eigenvalue weighted by molar-refractivity contribution is -0.121. The molecule has 0 aliphatic rings. The first kappa shape index (κ1) is 17.7. The number of alkyl halides is 1. The van der Waals surface area contributed by atoms with Crippen molar-refractivity contribution >= 4 is 27.5 Å². The van der Waals surface area contributed by atoms with Crippen LogP contribution in [-0.2, 0) is 14.8 Å². The first-order valence-corrected chi connectivity index (χ1v) is 8.32. The van der Waals surface area contributed by atoms with Gasteiger partial charge in [0, 0.05) is 24.9 Å². The summed E-state index contributed by atoms with van der Waals surface area (Å²) < 4.78 is 25.5. The van der Waals surface area contributed by atoms with Crippen molar-refractivity contribution in [2.24, 2.45) is 5.92 Å². The maximum atomic E-state index is 11.6. The highest BCUT2D eigenvalue weighted by atomic mass is 35.5. The fourth-order valence-corrected chi connectivity index (χ4v) is 2.88. The minimum absolute atomic E-state index is 0.0104. The molecule has 0 rings (SSSR count). The third-order valence-electron chi connectivity index (χ3n) is 2.46. The Hall–Kier alpha value is -0.330. The summed E-state index contributed by atoms with van der Waals surface area (Å²) in [6.45, 7) is 5.77. The van der Waals surface area contributed by atoms with Crippen LogP contribution in [0.1, 0.15) is 33.6 Å². The Morgan fingerprint density at radius 2 is 1.94 bits per heavy atom. The van der Waals surface area contributed by atoms with Gasteiger partial charge in [0.15, 0.2) is 0 Å². The highest BCUT2D eigenvalue weighted by Gasteiger charge is 2.15. The molecule has 0 aromatic rings. The SMILES string of the molecule is CCC(C)NC(=O)CCNS(=O)(=O)CC(C)CCl. The Labute approximate surface area is 115 Å². The molecule has 0 fully saturated rings. The highest BCUT2D eigenvalue weighted by molar-refractivity contribution is 7.89. The lowest BCUT2D eigenvalue weighted by Crippen LogP contribution is -2.36. The predicted molar refractivity (Wildman–Crippen MR) is 74.2 cm³/mol. The molecule has 2 unspecified atom stereocenters. The number of carbonyl (C=O) groups excluding carboxylic acids is 1. The molecular formula is C11H23ClN2O3S. The normalized spacial score (nSPS) is 15.1. The topological polar surface area (TPSA) is 75.3 Å². The van der Waals surface area contributed by atoms with Crippen LogP contribution in [0.2, 0.25) is 0 Å². The van der Waals surface area contributed by atoms with Crippen molar-refractivity contribution in [2.75, 3.05) is 18.2 Å². The maximum Gasteiger partial charge on any atom is 0.221 e. The van der Waals surface area contributed by atoms with Gasteiger partial charge in [-0.25, -0.2) is 13.1 Å². The van der Waals surface area contributed by atoms with E-state index in [0.717, 1.165) is 6.42 Å². The Morgan fingerprint density at radius 1 is 1.33 bits per heavy atom. The van der Waals surface area contributed by atoms with Crippen LogP contribution in [0, 0.1) is 5.92 Å². The Morgan fingerprint density at radius 3 is 2.44 bits per heavy atom. The van der Waals surface area contributed by atoms with E-state index >= 15 is 0 Å². The van der Waals surface area contributed by atoms with Crippen LogP contribution in [0.5, 0.6) is 0 Å². The number of amides is 1. The first-order chi connectivity index (χ1) is 8.30. The van der Waals surface area contributed by atoms with Gasteiger partial charge in [-0.2, -0.15) is 0 Å². The Bertz CT molecular complexity index is 346. The molecule has 0 aliphatic heterocycles. The van der Waals surface area contributed by atoms with Crippen molar-refractivity contribution in [2.45, 2.75) is 39.7 Å². The zero-order chi connectivity index (χ0) is 14.2. The molecule has 2 N–H and O–H groups in total. The number of rotatable bonds is 9. The predicted octanol–water partition coefficient (Wildman–Crippen LogP) is 1.09. The van der Waals surface area contributed by atoms with Gasteiger partial charge >= 0.3 is 0 Å². The number of nitrogens with one attached hydrogen (secondary N) is 2. The molecule has 0 spiro atoms. The molecule has 0 aromatic heterocycles. The lowest BCUT2D eigenvalue weighted by atomic mass is 10.2. The Balaban J connectivity index is 3.93. The third-order valence-corrected chi connectivity index (χ3v) is 4.64. The summed E-state index contributed by atoms with van der Waals surface area (Å²) in [6, 6.07) is 0.116. The molecule has 0 radical (unpaired) electrons. The minimum atomic E-state index is -3.34. The minimum Gasteiger partial charge on any atom is -0.354 e. The van der Waals surface area contributed by atoms with Gasteiger partial charge < -0.3 is 5.32 Å². The molecule has 7 heteroatoms. The zero-order valence-corrected chi connectivity index (χ0v) is 12.8. The molecule has 18 heavy (non-hydrogen) atoms. The van der Waals surface area contributed by atoms with Gasteiger partial charge in [-0.05, 0) is 19.3 Å². The fourth-order valence-electron chi connectivity index (χ4n) is 1.25. The third kappa shape index (κ3) is 8.72. The van der Waals surface area contributed by atoms with E-state index in [1.165, 1.54) is 0 Å². The average molecular weight is 299 g/mol. The summed E-state index contributed by atoms with van der Waals surface area (Å²) in [6.07, 6.45) is 1.00. The van der Waals surface area contributed by atoms with Gasteiger partial charge in [0.05, 0.1) is 5.75 Å². The smallest absolute Gasteiger partial charge is 0.221 e. The van der Waals surface area contributed by atoms with Gasteiger partial charge in [0.1, 0.15) is 0 Å². The molecule has 5 nitrogen and oxygen atoms in total. The highest BCUT2D eigenvalue weighted by Crippen LogP contribution is 2.01. The van der Waals surface area contributed by atoms with Gasteiger partial charge in [0.25, 0.3) is 0 Å². The number of halogens is 1. The van der Waals surface area contributed by atoms with Crippen LogP contribution in [0.15, 0.2) is 0 Å². The standard InChI is InChI=1S/C11H23ClN2O3S/c1-4-10(3)14-11(15)5-6-13-18(16,17)8-9(2)7-12/h9-10,13H,4-8H2,1-3H3,(H,14,15). The molecule has 2 atom stereocenters. The number of carbonyl (C=O) groups is 1. The van der Waals surface area contributed by atoms with E-state index in [1.807, 2.05) is 13.8 Å². The molecule has 0 saturated carbocycles. The van der Waals surface area contributed by atoms with Crippen LogP contribution in [-0.4, -0.2) is 38.5 Å². The monoisotopic (exact) mass is 298 g/mol. The lowest BCUT2D eigenvalue weighted by Gasteiger charge is -2.12. The van der Waals surface area contributed by atoms with Gasteiger partial charge in [0.2, 0.25) is 15.9 Å². The molecule has 0 heterocycles. The number of hydrogen-bond acceptors (Lipinski definition) is 3. The first-order valence-electron chi connectivity index (χ1n) is 6.13. The largest absolute Gasteiger partial charge is 0.354 e. The second-order valence-corrected chi connectivity index (χ2v) is 6.72. The molecule has 1 amide bonds. The van der Waals surface area contributed by atoms with E-state index in [4.69, 9.17) is 11.6 Å². The van der Waals surface area contributed by atoms with E-state index in [-0.39, 0.29) is 36.6 Å². The quantitative estimate of drug-likeness (QED) is 0.626. The molecular weight excluding hydrogens is 276 g/mol. The van der Waals surface area contributed by atoms with Gasteiger partial charge in [-0.3, -0.25) is 4.79 Å². The van der Waals surface area contributed by atoms with Crippen molar-refractivity contribution < 1.29 is 13.2 Å². The van der Waals surface area contributed by atoms with Crippen molar-refractivity contribution in [3.63, 3.8) is 0 Å². The molecule has 0 aromatic carbocycles. The molecule has 0 aliphatic carbocycles. The molecule has 0 bridgehead atoms. The molecule has 108 valence electrons. The second-order valence-electron chi connectivity index (χ2n) is 4.56. The van der Waals surface area contributed by atoms with Crippen molar-refractivity contribution in [3.8, 4) is 0 Å². The van der Waals surface area contributed by atoms with E-state index < -0.39 is 10.0 Å². The average Bonchev–Trinajstić information content (AvgIpc) is 2.27. The van der Waals surface area contributed by atoms with Crippen LogP contribution in [0.25, 0.3) is 0 Å². The number of hydrogen-bond donors (Lipinski definition) is 2. The summed E-state index contributed by atoms with van der Waals surface area (Å²) in [7, 11) is -3.34. The molecule has 0 saturated heterocycles. The van der Waals surface area contributed by atoms with E-state index in [0.29, 0.717) is 5.88 Å². The van der Waals surface area contributed by atoms with Crippen LogP contribution in [0.3, 0.4) is 0 Å². The van der Waals surface area contributed by atoms with Crippen LogP contribution in [0.4, 0.5) is 0 Å². The van der Waals surface area contributed by atoms with Crippen LogP contribution >= 0.6 is 11.6 Å². The van der Waals surface area contributed by atoms with E-state index in [2.05, 4.69) is 10.0 Å². The summed E-state index contributed by atoms with van der Waals surface area (Å²) in [5, 5.41) is 2.77. The van der Waals surface area contributed by atoms with E-state index in [9.17, 15) is 13.2 Å². The van der Waals surface area contributed by atoms with Crippen molar-refractivity contribution in [1.29, 1.82) is 0 Å². The fraction of sp³-hybridized carbons (Fsp3) is 0.909. The Kier molecular flexibility index (Phi) is 8.56. The zero-order valence-electron chi connectivity index (χ0n) is 11.2. The van der Waals surface area contributed by atoms with Gasteiger partial charge in [-0.1, -0.05) is 13.8 Å². The maximum absolute atomic E-state index is 11.6. The van der Waals surface area contributed by atoms with Crippen molar-refractivity contribution in [3.05, 3.63) is 0 Å². The summed E-state index contributed by atoms with van der Waals surface area (Å²) in [5.74, 6) is 0.0503. The summed E-state index contributed by atoms with van der Waals surface area (Å²) in [4.78, 5) is 11.4. The summed E-state index contributed by atoms with van der Waals surface area (Å²) >= 11 is 5.56. The van der Waals surface area contributed by atoms with E-state index in [1.54, 1.807) is 6.92 Å². The van der Waals surface area contributed by atoms with Crippen molar-refractivity contribution in [1.82, 2.24) is 10.0 Å². The van der Waals surface area contributed by atoms with Gasteiger partial charge in [-0.15, -0.1) is 11.6 Å².